The number of benzene rings is 4. The molecule has 0 unspecified atom stereocenters. The quantitative estimate of drug-likeness (QED) is 0.276. The first kappa shape index (κ1) is 23.8. The lowest BCUT2D eigenvalue weighted by atomic mass is 9.96. The number of aryl methyl sites for hydroxylation is 1. The van der Waals surface area contributed by atoms with Crippen molar-refractivity contribution in [3.63, 3.8) is 0 Å². The van der Waals surface area contributed by atoms with Crippen molar-refractivity contribution in [1.29, 1.82) is 5.41 Å². The summed E-state index contributed by atoms with van der Waals surface area (Å²) in [4.78, 5) is 1.17. The van der Waals surface area contributed by atoms with E-state index in [1.54, 1.807) is 0 Å². The number of rotatable bonds is 6. The van der Waals surface area contributed by atoms with Crippen LogP contribution in [0.3, 0.4) is 0 Å². The molecule has 0 fully saturated rings. The zero-order chi connectivity index (χ0) is 24.3. The average Bonchev–Trinajstić information content (AvgIpc) is 2.84. The molecule has 0 radical (unpaired) electrons. The van der Waals surface area contributed by atoms with Crippen LogP contribution in [0.15, 0.2) is 108 Å². The monoisotopic (exact) mass is 463 g/mol. The van der Waals surface area contributed by atoms with Crippen molar-refractivity contribution in [3.05, 3.63) is 125 Å². The van der Waals surface area contributed by atoms with Crippen LogP contribution >= 0.6 is 10.0 Å². The molecule has 0 bridgehead atoms. The van der Waals surface area contributed by atoms with Gasteiger partial charge < -0.3 is 0 Å². The predicted molar refractivity (Wildman–Crippen MR) is 153 cm³/mol. The van der Waals surface area contributed by atoms with Crippen molar-refractivity contribution in [3.8, 4) is 22.3 Å². The maximum atomic E-state index is 9.09. The van der Waals surface area contributed by atoms with Crippen LogP contribution in [0, 0.1) is 12.3 Å². The molecule has 0 aliphatic carbocycles. The molecule has 0 atom stereocenters. The Balaban J connectivity index is 1.66. The van der Waals surface area contributed by atoms with Gasteiger partial charge in [-0.2, -0.15) is 0 Å². The first-order valence-corrected chi connectivity index (χ1v) is 14.4. The summed E-state index contributed by atoms with van der Waals surface area (Å²) in [5, 5.41) is 9.09. The van der Waals surface area contributed by atoms with E-state index >= 15 is 0 Å². The summed E-state index contributed by atoms with van der Waals surface area (Å²) in [7, 11) is -1.11. The topological polar surface area (TPSA) is 23.9 Å². The van der Waals surface area contributed by atoms with Crippen LogP contribution in [0.5, 0.6) is 0 Å². The molecule has 172 valence electrons. The SMILES string of the molecule is C/C(=C(\C(=N)c1ccccc1C)S(C)(C)C)c1ccc(-c2ccc(-c3ccccc3)cc2)cc1. The lowest BCUT2D eigenvalue weighted by Crippen LogP contribution is -2.13. The van der Waals surface area contributed by atoms with Crippen LogP contribution in [0.1, 0.15) is 23.6 Å². The Labute approximate surface area is 206 Å². The second-order valence-electron chi connectivity index (χ2n) is 9.50. The highest BCUT2D eigenvalue weighted by molar-refractivity contribution is 8.36. The normalized spacial score (nSPS) is 12.7. The number of allylic oxidation sites excluding steroid dienone is 2. The molecule has 2 heteroatoms. The number of hydrogen-bond acceptors (Lipinski definition) is 1. The third kappa shape index (κ3) is 5.08. The lowest BCUT2D eigenvalue weighted by molar-refractivity contribution is 1.40. The van der Waals surface area contributed by atoms with Crippen molar-refractivity contribution in [2.24, 2.45) is 0 Å². The molecule has 0 aromatic heterocycles. The van der Waals surface area contributed by atoms with Crippen LogP contribution in [0.4, 0.5) is 0 Å². The first-order valence-electron chi connectivity index (χ1n) is 11.6. The van der Waals surface area contributed by atoms with E-state index in [0.717, 1.165) is 11.1 Å². The van der Waals surface area contributed by atoms with E-state index < -0.39 is 10.0 Å². The van der Waals surface area contributed by atoms with Gasteiger partial charge >= 0.3 is 0 Å². The fraction of sp³-hybridized carbons (Fsp3) is 0.156. The molecule has 0 aliphatic rings. The largest absolute Gasteiger partial charge is 0.299 e. The van der Waals surface area contributed by atoms with E-state index in [4.69, 9.17) is 5.41 Å². The fourth-order valence-electron chi connectivity index (χ4n) is 4.46. The summed E-state index contributed by atoms with van der Waals surface area (Å²) in [5.41, 5.74) is 10.1. The van der Waals surface area contributed by atoms with Crippen LogP contribution in [0.2, 0.25) is 0 Å². The Kier molecular flexibility index (Phi) is 6.90. The minimum atomic E-state index is -1.11. The van der Waals surface area contributed by atoms with E-state index in [2.05, 4.69) is 118 Å². The molecule has 0 saturated carbocycles. The van der Waals surface area contributed by atoms with Crippen LogP contribution in [-0.2, 0) is 0 Å². The Bertz CT molecular complexity index is 1320. The van der Waals surface area contributed by atoms with Crippen molar-refractivity contribution in [1.82, 2.24) is 0 Å². The molecule has 4 aromatic carbocycles. The van der Waals surface area contributed by atoms with Crippen LogP contribution in [0.25, 0.3) is 27.8 Å². The third-order valence-corrected chi connectivity index (χ3v) is 7.97. The smallest absolute Gasteiger partial charge is 0.0738 e. The van der Waals surface area contributed by atoms with E-state index in [1.807, 2.05) is 18.2 Å². The average molecular weight is 464 g/mol. The van der Waals surface area contributed by atoms with Gasteiger partial charge in [0.25, 0.3) is 0 Å². The summed E-state index contributed by atoms with van der Waals surface area (Å²) in [6.07, 6.45) is 6.84. The first-order chi connectivity index (χ1) is 16.3. The van der Waals surface area contributed by atoms with Gasteiger partial charge in [0.15, 0.2) is 0 Å². The fourth-order valence-corrected chi connectivity index (χ4v) is 6.22. The maximum absolute atomic E-state index is 9.09. The summed E-state index contributed by atoms with van der Waals surface area (Å²) in [5.74, 6) is 0. The molecule has 0 aliphatic heterocycles. The molecule has 1 N–H and O–H groups in total. The van der Waals surface area contributed by atoms with E-state index in [-0.39, 0.29) is 0 Å². The molecule has 34 heavy (non-hydrogen) atoms. The highest BCUT2D eigenvalue weighted by Crippen LogP contribution is 2.49. The Hall–Kier alpha value is -3.36. The van der Waals surface area contributed by atoms with E-state index in [1.165, 1.54) is 38.3 Å². The molecule has 0 saturated heterocycles. The molecule has 0 amide bonds. The molecule has 4 aromatic rings. The second kappa shape index (κ2) is 9.87. The highest BCUT2D eigenvalue weighted by atomic mass is 32.3. The van der Waals surface area contributed by atoms with Gasteiger partial charge in [-0.05, 0) is 71.6 Å². The van der Waals surface area contributed by atoms with E-state index in [9.17, 15) is 0 Å². The van der Waals surface area contributed by atoms with Gasteiger partial charge in [0, 0.05) is 10.5 Å². The van der Waals surface area contributed by atoms with Gasteiger partial charge in [0.1, 0.15) is 0 Å². The van der Waals surface area contributed by atoms with Gasteiger partial charge in [-0.1, -0.05) is 103 Å². The molecule has 1 nitrogen and oxygen atoms in total. The van der Waals surface area contributed by atoms with Crippen molar-refractivity contribution < 1.29 is 0 Å². The summed E-state index contributed by atoms with van der Waals surface area (Å²) >= 11 is 0. The molecule has 0 spiro atoms. The highest BCUT2D eigenvalue weighted by Gasteiger charge is 2.22. The third-order valence-electron chi connectivity index (χ3n) is 6.24. The maximum Gasteiger partial charge on any atom is 0.0738 e. The standard InChI is InChI=1S/C32H33NS/c1-23-11-9-10-14-30(23)31(33)32(34(3,4)5)24(2)25-15-17-28(18-16-25)29-21-19-27(20-22-29)26-12-7-6-8-13-26/h6-22,33H,1-5H3/b32-24-,33-31?. The minimum absolute atomic E-state index is 0.652. The summed E-state index contributed by atoms with van der Waals surface area (Å²) in [6, 6.07) is 36.3. The number of hydrogen-bond donors (Lipinski definition) is 1. The molecule has 0 heterocycles. The minimum Gasteiger partial charge on any atom is -0.299 e. The Morgan fingerprint density at radius 2 is 1.03 bits per heavy atom. The van der Waals surface area contributed by atoms with Crippen molar-refractivity contribution in [2.75, 3.05) is 18.8 Å². The molecular formula is C32H33NS. The van der Waals surface area contributed by atoms with Gasteiger partial charge in [-0.25, -0.2) is 10.0 Å². The molecular weight excluding hydrogens is 430 g/mol. The van der Waals surface area contributed by atoms with Crippen LogP contribution in [-0.4, -0.2) is 24.5 Å². The van der Waals surface area contributed by atoms with Crippen molar-refractivity contribution >= 4 is 21.3 Å². The van der Waals surface area contributed by atoms with Crippen LogP contribution < -0.4 is 0 Å². The Morgan fingerprint density at radius 3 is 1.53 bits per heavy atom. The zero-order valence-corrected chi connectivity index (χ0v) is 21.5. The Morgan fingerprint density at radius 1 is 0.588 bits per heavy atom. The van der Waals surface area contributed by atoms with E-state index in [0.29, 0.717) is 5.71 Å². The summed E-state index contributed by atoms with van der Waals surface area (Å²) < 4.78 is 0. The predicted octanol–water partition coefficient (Wildman–Crippen LogP) is 8.82. The van der Waals surface area contributed by atoms with Crippen molar-refractivity contribution in [2.45, 2.75) is 13.8 Å². The lowest BCUT2D eigenvalue weighted by Gasteiger charge is -2.32. The van der Waals surface area contributed by atoms with Gasteiger partial charge in [0.05, 0.1) is 5.71 Å². The van der Waals surface area contributed by atoms with Gasteiger partial charge in [-0.3, -0.25) is 5.41 Å². The van der Waals surface area contributed by atoms with Gasteiger partial charge in [0.2, 0.25) is 0 Å². The summed E-state index contributed by atoms with van der Waals surface area (Å²) in [6.45, 7) is 4.26. The molecule has 4 rings (SSSR count). The zero-order valence-electron chi connectivity index (χ0n) is 20.7. The second-order valence-corrected chi connectivity index (χ2v) is 13.6. The number of nitrogens with one attached hydrogen (secondary N) is 1. The van der Waals surface area contributed by atoms with Gasteiger partial charge in [-0.15, -0.1) is 0 Å².